The minimum Gasteiger partial charge on any atom is -0.280 e. The van der Waals surface area contributed by atoms with Crippen molar-refractivity contribution in [2.75, 3.05) is 0 Å². The second-order valence-electron chi connectivity index (χ2n) is 8.53. The van der Waals surface area contributed by atoms with Gasteiger partial charge in [-0.15, -0.1) is 0 Å². The van der Waals surface area contributed by atoms with Crippen molar-refractivity contribution < 1.29 is 0 Å². The standard InChI is InChI=1S/C19H32N4/c1-12(2)9-15-11-14(5)23(22-15)17-16(10-13(3)4)20-21-18(17)19(6,7)8/h11-13H,9-10H2,1-8H3,(H,20,21). The van der Waals surface area contributed by atoms with Crippen LogP contribution in [0.3, 0.4) is 0 Å². The van der Waals surface area contributed by atoms with Crippen LogP contribution in [0.1, 0.15) is 71.2 Å². The highest BCUT2D eigenvalue weighted by atomic mass is 15.3. The van der Waals surface area contributed by atoms with E-state index in [0.29, 0.717) is 11.8 Å². The Labute approximate surface area is 140 Å². The molecule has 4 nitrogen and oxygen atoms in total. The van der Waals surface area contributed by atoms with E-state index in [0.717, 1.165) is 29.9 Å². The molecule has 128 valence electrons. The predicted molar refractivity (Wildman–Crippen MR) is 96.2 cm³/mol. The first-order valence-electron chi connectivity index (χ1n) is 8.73. The topological polar surface area (TPSA) is 46.5 Å². The summed E-state index contributed by atoms with van der Waals surface area (Å²) in [5.41, 5.74) is 5.76. The van der Waals surface area contributed by atoms with Gasteiger partial charge in [0.25, 0.3) is 0 Å². The van der Waals surface area contributed by atoms with Crippen LogP contribution in [-0.2, 0) is 18.3 Å². The maximum Gasteiger partial charge on any atom is 0.109 e. The molecule has 0 aliphatic carbocycles. The summed E-state index contributed by atoms with van der Waals surface area (Å²) in [4.78, 5) is 0. The van der Waals surface area contributed by atoms with Crippen molar-refractivity contribution >= 4 is 0 Å². The zero-order valence-corrected chi connectivity index (χ0v) is 16.0. The van der Waals surface area contributed by atoms with Crippen LogP contribution in [0, 0.1) is 18.8 Å². The molecule has 0 saturated heterocycles. The van der Waals surface area contributed by atoms with Crippen molar-refractivity contribution in [3.8, 4) is 5.69 Å². The molecule has 0 atom stereocenters. The second-order valence-corrected chi connectivity index (χ2v) is 8.53. The molecule has 0 aliphatic rings. The molecular weight excluding hydrogens is 284 g/mol. The molecular formula is C19H32N4. The third-order valence-corrected chi connectivity index (χ3v) is 3.90. The molecule has 0 spiro atoms. The lowest BCUT2D eigenvalue weighted by molar-refractivity contribution is 0.559. The zero-order valence-electron chi connectivity index (χ0n) is 16.0. The van der Waals surface area contributed by atoms with Gasteiger partial charge in [-0.2, -0.15) is 10.2 Å². The Hall–Kier alpha value is -1.58. The highest BCUT2D eigenvalue weighted by Gasteiger charge is 2.27. The molecule has 1 N–H and O–H groups in total. The number of H-pyrrole nitrogens is 1. The second kappa shape index (κ2) is 6.50. The lowest BCUT2D eigenvalue weighted by Gasteiger charge is -2.19. The van der Waals surface area contributed by atoms with E-state index in [4.69, 9.17) is 5.10 Å². The number of aromatic amines is 1. The minimum absolute atomic E-state index is 0.0162. The van der Waals surface area contributed by atoms with Gasteiger partial charge in [0.1, 0.15) is 5.69 Å². The summed E-state index contributed by atoms with van der Waals surface area (Å²) >= 11 is 0. The molecule has 0 amide bonds. The highest BCUT2D eigenvalue weighted by Crippen LogP contribution is 2.30. The minimum atomic E-state index is -0.0162. The number of aryl methyl sites for hydroxylation is 1. The van der Waals surface area contributed by atoms with Crippen molar-refractivity contribution in [1.82, 2.24) is 20.0 Å². The summed E-state index contributed by atoms with van der Waals surface area (Å²) in [5.74, 6) is 1.19. The van der Waals surface area contributed by atoms with Crippen LogP contribution in [-0.4, -0.2) is 20.0 Å². The van der Waals surface area contributed by atoms with Crippen LogP contribution in [0.5, 0.6) is 0 Å². The molecule has 2 aromatic rings. The number of hydrogen-bond acceptors (Lipinski definition) is 2. The first-order valence-corrected chi connectivity index (χ1v) is 8.73. The van der Waals surface area contributed by atoms with Crippen LogP contribution in [0.2, 0.25) is 0 Å². The molecule has 2 heterocycles. The summed E-state index contributed by atoms with van der Waals surface area (Å²) < 4.78 is 2.10. The van der Waals surface area contributed by atoms with Gasteiger partial charge in [0, 0.05) is 11.1 Å². The van der Waals surface area contributed by atoms with Crippen molar-refractivity contribution in [2.45, 2.75) is 73.6 Å². The van der Waals surface area contributed by atoms with Crippen molar-refractivity contribution in [3.63, 3.8) is 0 Å². The third kappa shape index (κ3) is 4.04. The largest absolute Gasteiger partial charge is 0.280 e. The van der Waals surface area contributed by atoms with E-state index >= 15 is 0 Å². The van der Waals surface area contributed by atoms with E-state index < -0.39 is 0 Å². The smallest absolute Gasteiger partial charge is 0.109 e. The Morgan fingerprint density at radius 2 is 1.70 bits per heavy atom. The van der Waals surface area contributed by atoms with Crippen LogP contribution in [0.15, 0.2) is 6.07 Å². The lowest BCUT2D eigenvalue weighted by Crippen LogP contribution is -2.17. The number of nitrogens with zero attached hydrogens (tertiary/aromatic N) is 3. The van der Waals surface area contributed by atoms with Gasteiger partial charge in [-0.05, 0) is 37.7 Å². The fourth-order valence-electron chi connectivity index (χ4n) is 2.96. The summed E-state index contributed by atoms with van der Waals surface area (Å²) in [5, 5.41) is 12.8. The van der Waals surface area contributed by atoms with Crippen LogP contribution >= 0.6 is 0 Å². The fraction of sp³-hybridized carbons (Fsp3) is 0.684. The lowest BCUT2D eigenvalue weighted by atomic mass is 9.90. The van der Waals surface area contributed by atoms with Gasteiger partial charge in [0.15, 0.2) is 0 Å². The normalized spacial score (nSPS) is 12.6. The molecule has 0 fully saturated rings. The van der Waals surface area contributed by atoms with E-state index in [1.54, 1.807) is 0 Å². The molecule has 0 saturated carbocycles. The highest BCUT2D eigenvalue weighted by molar-refractivity contribution is 5.46. The van der Waals surface area contributed by atoms with Crippen LogP contribution in [0.4, 0.5) is 0 Å². The van der Waals surface area contributed by atoms with Gasteiger partial charge >= 0.3 is 0 Å². The van der Waals surface area contributed by atoms with E-state index in [1.165, 1.54) is 11.4 Å². The Kier molecular flexibility index (Phi) is 5.02. The predicted octanol–water partition coefficient (Wildman–Crippen LogP) is 4.60. The summed E-state index contributed by atoms with van der Waals surface area (Å²) in [7, 11) is 0. The van der Waals surface area contributed by atoms with Gasteiger partial charge in [0.05, 0.1) is 17.1 Å². The molecule has 2 aromatic heterocycles. The zero-order chi connectivity index (χ0) is 17.4. The Morgan fingerprint density at radius 1 is 1.09 bits per heavy atom. The molecule has 23 heavy (non-hydrogen) atoms. The fourth-order valence-corrected chi connectivity index (χ4v) is 2.96. The number of nitrogens with one attached hydrogen (secondary N) is 1. The first-order chi connectivity index (χ1) is 10.6. The molecule has 0 bridgehead atoms. The van der Waals surface area contributed by atoms with Gasteiger partial charge in [-0.25, -0.2) is 4.68 Å². The Bertz CT molecular complexity index is 653. The van der Waals surface area contributed by atoms with Gasteiger partial charge in [0.2, 0.25) is 0 Å². The molecule has 2 rings (SSSR count). The quantitative estimate of drug-likeness (QED) is 0.876. The summed E-state index contributed by atoms with van der Waals surface area (Å²) in [6.45, 7) is 17.7. The monoisotopic (exact) mass is 316 g/mol. The van der Waals surface area contributed by atoms with E-state index in [2.05, 4.69) is 76.3 Å². The van der Waals surface area contributed by atoms with Crippen molar-refractivity contribution in [2.24, 2.45) is 11.8 Å². The maximum absolute atomic E-state index is 4.89. The summed E-state index contributed by atoms with van der Waals surface area (Å²) in [6.07, 6.45) is 1.99. The Balaban J connectivity index is 2.56. The first kappa shape index (κ1) is 17.8. The SMILES string of the molecule is Cc1cc(CC(C)C)nn1-c1c(C(C)(C)C)n[nH]c1CC(C)C. The van der Waals surface area contributed by atoms with Crippen LogP contribution < -0.4 is 0 Å². The number of rotatable bonds is 5. The molecule has 0 unspecified atom stereocenters. The molecule has 4 heteroatoms. The van der Waals surface area contributed by atoms with Crippen molar-refractivity contribution in [1.29, 1.82) is 0 Å². The average molecular weight is 316 g/mol. The summed E-state index contributed by atoms with van der Waals surface area (Å²) in [6, 6.07) is 2.21. The van der Waals surface area contributed by atoms with Gasteiger partial charge in [-0.1, -0.05) is 48.5 Å². The van der Waals surface area contributed by atoms with E-state index in [-0.39, 0.29) is 5.41 Å². The molecule has 0 radical (unpaired) electrons. The van der Waals surface area contributed by atoms with Crippen LogP contribution in [0.25, 0.3) is 5.69 Å². The Morgan fingerprint density at radius 3 is 2.22 bits per heavy atom. The van der Waals surface area contributed by atoms with Gasteiger partial charge < -0.3 is 0 Å². The van der Waals surface area contributed by atoms with E-state index in [9.17, 15) is 0 Å². The molecule has 0 aromatic carbocycles. The van der Waals surface area contributed by atoms with E-state index in [1.807, 2.05) is 0 Å². The number of hydrogen-bond donors (Lipinski definition) is 1. The van der Waals surface area contributed by atoms with Gasteiger partial charge in [-0.3, -0.25) is 5.10 Å². The number of aromatic nitrogens is 4. The third-order valence-electron chi connectivity index (χ3n) is 3.90. The van der Waals surface area contributed by atoms with Crippen molar-refractivity contribution in [3.05, 3.63) is 28.8 Å². The maximum atomic E-state index is 4.89. The molecule has 0 aliphatic heterocycles. The average Bonchev–Trinajstić information content (AvgIpc) is 2.90.